The van der Waals surface area contributed by atoms with Gasteiger partial charge in [0.25, 0.3) is 0 Å². The van der Waals surface area contributed by atoms with Gasteiger partial charge >= 0.3 is 0 Å². The minimum absolute atomic E-state index is 0.0563. The Kier molecular flexibility index (Phi) is 2.62. The molecule has 1 saturated heterocycles. The minimum Gasteiger partial charge on any atom is -0.341 e. The quantitative estimate of drug-likeness (QED) is 0.738. The molecule has 5 fully saturated rings. The molecule has 4 aliphatic carbocycles. The predicted molar refractivity (Wildman–Crippen MR) is 76.0 cm³/mol. The first-order valence-electron chi connectivity index (χ1n) is 8.29. The second-order valence-electron chi connectivity index (χ2n) is 8.38. The van der Waals surface area contributed by atoms with Gasteiger partial charge < -0.3 is 4.90 Å². The van der Waals surface area contributed by atoms with Gasteiger partial charge in [0.15, 0.2) is 0 Å². The normalized spacial score (nSPS) is 46.9. The predicted octanol–water partition coefficient (Wildman–Crippen LogP) is 2.78. The van der Waals surface area contributed by atoms with E-state index in [1.807, 2.05) is 4.90 Å². The molecule has 0 aromatic carbocycles. The fourth-order valence-corrected chi connectivity index (χ4v) is 6.27. The van der Waals surface area contributed by atoms with Crippen molar-refractivity contribution in [2.24, 2.45) is 22.7 Å². The van der Waals surface area contributed by atoms with E-state index in [1.54, 1.807) is 0 Å². The van der Waals surface area contributed by atoms with Gasteiger partial charge in [-0.25, -0.2) is 0 Å². The highest BCUT2D eigenvalue weighted by Gasteiger charge is 2.59. The molecule has 0 N–H and O–H groups in total. The van der Waals surface area contributed by atoms with Crippen molar-refractivity contribution in [3.8, 4) is 0 Å². The summed E-state index contributed by atoms with van der Waals surface area (Å²) in [6.45, 7) is 3.75. The molecule has 3 heteroatoms. The van der Waals surface area contributed by atoms with Crippen molar-refractivity contribution in [2.45, 2.75) is 58.3 Å². The van der Waals surface area contributed by atoms with Crippen LogP contribution in [0, 0.1) is 22.7 Å². The Hall–Kier alpha value is -0.860. The number of Topliss-reactive ketones (excluding diaryl/α,β-unsaturated/α-hetero) is 1. The Morgan fingerprint density at radius 3 is 2.25 bits per heavy atom. The van der Waals surface area contributed by atoms with E-state index in [2.05, 4.69) is 6.92 Å². The number of carbonyl (C=O) groups excluding carboxylic acids is 2. The second kappa shape index (κ2) is 4.08. The number of likely N-dealkylation sites (tertiary alicyclic amines) is 1. The first kappa shape index (κ1) is 12.8. The van der Waals surface area contributed by atoms with Gasteiger partial charge in [-0.2, -0.15) is 0 Å². The molecule has 2 unspecified atom stereocenters. The van der Waals surface area contributed by atoms with Crippen LogP contribution in [0.4, 0.5) is 0 Å². The molecule has 1 amide bonds. The van der Waals surface area contributed by atoms with Crippen molar-refractivity contribution in [1.29, 1.82) is 0 Å². The zero-order valence-corrected chi connectivity index (χ0v) is 12.5. The number of nitrogens with zero attached hydrogens (tertiary/aromatic N) is 1. The van der Waals surface area contributed by atoms with Crippen LogP contribution in [0.3, 0.4) is 0 Å². The summed E-state index contributed by atoms with van der Waals surface area (Å²) in [5.74, 6) is 2.30. The van der Waals surface area contributed by atoms with Crippen LogP contribution in [0.1, 0.15) is 58.3 Å². The maximum Gasteiger partial charge on any atom is 0.228 e. The number of hydrogen-bond donors (Lipinski definition) is 0. The largest absolute Gasteiger partial charge is 0.341 e. The molecular weight excluding hydrogens is 250 g/mol. The standard InChI is InChI=1S/C17H25NO2/c1-16-7-12-6-13(8-16)10-17(9-12,11-16)15(20)18-4-2-14(19)3-5-18/h12-13H,2-11H2,1H3. The topological polar surface area (TPSA) is 37.4 Å². The zero-order valence-electron chi connectivity index (χ0n) is 12.5. The van der Waals surface area contributed by atoms with E-state index in [-0.39, 0.29) is 5.41 Å². The van der Waals surface area contributed by atoms with Crippen molar-refractivity contribution >= 4 is 11.7 Å². The summed E-state index contributed by atoms with van der Waals surface area (Å²) < 4.78 is 0. The van der Waals surface area contributed by atoms with E-state index in [9.17, 15) is 9.59 Å². The summed E-state index contributed by atoms with van der Waals surface area (Å²) >= 11 is 0. The van der Waals surface area contributed by atoms with Crippen LogP contribution >= 0.6 is 0 Å². The number of rotatable bonds is 1. The highest BCUT2D eigenvalue weighted by atomic mass is 16.2. The van der Waals surface area contributed by atoms with Crippen LogP contribution in [0.5, 0.6) is 0 Å². The van der Waals surface area contributed by atoms with Crippen molar-refractivity contribution in [3.05, 3.63) is 0 Å². The van der Waals surface area contributed by atoms with E-state index in [4.69, 9.17) is 0 Å². The highest BCUT2D eigenvalue weighted by molar-refractivity contribution is 5.86. The van der Waals surface area contributed by atoms with Crippen molar-refractivity contribution in [3.63, 3.8) is 0 Å². The van der Waals surface area contributed by atoms with E-state index in [0.29, 0.717) is 43.0 Å². The summed E-state index contributed by atoms with van der Waals surface area (Å²) in [4.78, 5) is 26.5. The van der Waals surface area contributed by atoms with Crippen LogP contribution in [-0.4, -0.2) is 29.7 Å². The number of hydrogen-bond acceptors (Lipinski definition) is 2. The van der Waals surface area contributed by atoms with Gasteiger partial charge in [-0.05, 0) is 55.8 Å². The van der Waals surface area contributed by atoms with Gasteiger partial charge in [0.05, 0.1) is 5.41 Å². The Morgan fingerprint density at radius 1 is 1.10 bits per heavy atom. The summed E-state index contributed by atoms with van der Waals surface area (Å²) in [6.07, 6.45) is 8.57. The molecule has 4 bridgehead atoms. The second-order valence-corrected chi connectivity index (χ2v) is 8.38. The third-order valence-electron chi connectivity index (χ3n) is 6.42. The number of piperidine rings is 1. The minimum atomic E-state index is -0.0563. The lowest BCUT2D eigenvalue weighted by atomic mass is 9.44. The zero-order chi connectivity index (χ0) is 14.0. The molecule has 0 aromatic rings. The molecule has 110 valence electrons. The average molecular weight is 275 g/mol. The van der Waals surface area contributed by atoms with Gasteiger partial charge in [-0.1, -0.05) is 6.92 Å². The maximum atomic E-state index is 13.1. The fourth-order valence-electron chi connectivity index (χ4n) is 6.27. The molecule has 20 heavy (non-hydrogen) atoms. The van der Waals surface area contributed by atoms with E-state index < -0.39 is 0 Å². The monoisotopic (exact) mass is 275 g/mol. The lowest BCUT2D eigenvalue weighted by Crippen LogP contribution is -2.58. The average Bonchev–Trinajstić information content (AvgIpc) is 2.36. The molecule has 4 saturated carbocycles. The summed E-state index contributed by atoms with van der Waals surface area (Å²) in [6, 6.07) is 0. The molecule has 1 heterocycles. The number of ketones is 1. The molecule has 0 spiro atoms. The van der Waals surface area contributed by atoms with E-state index in [1.165, 1.54) is 19.3 Å². The van der Waals surface area contributed by atoms with Crippen molar-refractivity contribution in [2.75, 3.05) is 13.1 Å². The smallest absolute Gasteiger partial charge is 0.228 e. The van der Waals surface area contributed by atoms with E-state index in [0.717, 1.165) is 31.1 Å². The number of amides is 1. The lowest BCUT2D eigenvalue weighted by molar-refractivity contribution is -0.167. The Bertz CT molecular complexity index is 446. The Balaban J connectivity index is 1.58. The molecule has 2 atom stereocenters. The Labute approximate surface area is 121 Å². The summed E-state index contributed by atoms with van der Waals surface area (Å²) in [5.41, 5.74) is 0.366. The van der Waals surface area contributed by atoms with Gasteiger partial charge in [0, 0.05) is 25.9 Å². The summed E-state index contributed by atoms with van der Waals surface area (Å²) in [5, 5.41) is 0. The highest BCUT2D eigenvalue weighted by Crippen LogP contribution is 2.65. The van der Waals surface area contributed by atoms with E-state index >= 15 is 0 Å². The third-order valence-corrected chi connectivity index (χ3v) is 6.42. The fraction of sp³-hybridized carbons (Fsp3) is 0.882. The maximum absolute atomic E-state index is 13.1. The van der Waals surface area contributed by atoms with Crippen LogP contribution < -0.4 is 0 Å². The van der Waals surface area contributed by atoms with Gasteiger partial charge in [0.1, 0.15) is 5.78 Å². The number of carbonyl (C=O) groups is 2. The SMILES string of the molecule is CC12CC3CC(C1)CC(C(=O)N1CCC(=O)CC1)(C3)C2. The first-order valence-corrected chi connectivity index (χ1v) is 8.29. The first-order chi connectivity index (χ1) is 9.48. The van der Waals surface area contributed by atoms with Gasteiger partial charge in [-0.3, -0.25) is 9.59 Å². The third kappa shape index (κ3) is 1.85. The van der Waals surface area contributed by atoms with Crippen LogP contribution in [-0.2, 0) is 9.59 Å². The van der Waals surface area contributed by atoms with Crippen LogP contribution in [0.2, 0.25) is 0 Å². The van der Waals surface area contributed by atoms with Crippen molar-refractivity contribution < 1.29 is 9.59 Å². The van der Waals surface area contributed by atoms with Gasteiger partial charge in [0.2, 0.25) is 5.91 Å². The molecule has 0 aromatic heterocycles. The molecule has 5 aliphatic rings. The molecule has 5 rings (SSSR count). The molecule has 1 aliphatic heterocycles. The lowest BCUT2D eigenvalue weighted by Gasteiger charge is -2.61. The molecule has 3 nitrogen and oxygen atoms in total. The molecule has 0 radical (unpaired) electrons. The van der Waals surface area contributed by atoms with Crippen LogP contribution in [0.25, 0.3) is 0 Å². The van der Waals surface area contributed by atoms with Crippen molar-refractivity contribution in [1.82, 2.24) is 4.90 Å². The Morgan fingerprint density at radius 2 is 1.70 bits per heavy atom. The van der Waals surface area contributed by atoms with Gasteiger partial charge in [-0.15, -0.1) is 0 Å². The van der Waals surface area contributed by atoms with Crippen LogP contribution in [0.15, 0.2) is 0 Å². The summed E-state index contributed by atoms with van der Waals surface area (Å²) in [7, 11) is 0. The molecular formula is C17H25NO2.